The number of carbonyl (C=O) groups is 1. The summed E-state index contributed by atoms with van der Waals surface area (Å²) in [5, 5.41) is 7.57. The third kappa shape index (κ3) is 7.42. The van der Waals surface area contributed by atoms with Gasteiger partial charge in [-0.15, -0.1) is 0 Å². The highest BCUT2D eigenvalue weighted by molar-refractivity contribution is 6.33. The Morgan fingerprint density at radius 3 is 2.52 bits per heavy atom. The van der Waals surface area contributed by atoms with Gasteiger partial charge < -0.3 is 15.4 Å². The molecule has 1 aromatic rings. The molecule has 4 nitrogen and oxygen atoms in total. The van der Waals surface area contributed by atoms with E-state index < -0.39 is 11.7 Å². The molecule has 0 spiro atoms. The molecule has 2 unspecified atom stereocenters. The lowest BCUT2D eigenvalue weighted by molar-refractivity contribution is 0.0502. The smallest absolute Gasteiger partial charge is 0.407 e. The van der Waals surface area contributed by atoms with E-state index in [9.17, 15) is 4.79 Å². The van der Waals surface area contributed by atoms with E-state index in [1.807, 2.05) is 40.7 Å². The van der Waals surface area contributed by atoms with Gasteiger partial charge in [-0.3, -0.25) is 0 Å². The van der Waals surface area contributed by atoms with Crippen LogP contribution in [0.25, 0.3) is 0 Å². The highest BCUT2D eigenvalue weighted by Gasteiger charge is 2.19. The molecule has 0 saturated carbocycles. The summed E-state index contributed by atoms with van der Waals surface area (Å²) in [6, 6.07) is 5.40. The Hall–Kier alpha value is -0.970. The molecule has 1 amide bonds. The quantitative estimate of drug-likeness (QED) is 0.754. The second-order valence-electron chi connectivity index (χ2n) is 6.55. The van der Waals surface area contributed by atoms with Crippen LogP contribution in [0.4, 0.5) is 4.79 Å². The first kappa shape index (κ1) is 20.1. The Kier molecular flexibility index (Phi) is 7.65. The first-order valence-corrected chi connectivity index (χ1v) is 8.55. The Balaban J connectivity index is 2.56. The van der Waals surface area contributed by atoms with E-state index in [0.29, 0.717) is 16.6 Å². The summed E-state index contributed by atoms with van der Waals surface area (Å²) in [4.78, 5) is 11.8. The molecule has 23 heavy (non-hydrogen) atoms. The normalized spacial score (nSPS) is 14.2. The molecule has 1 aromatic carbocycles. The Bertz CT molecular complexity index is 530. The predicted octanol–water partition coefficient (Wildman–Crippen LogP) is 4.95. The van der Waals surface area contributed by atoms with Gasteiger partial charge >= 0.3 is 6.09 Å². The van der Waals surface area contributed by atoms with Crippen molar-refractivity contribution in [3.63, 3.8) is 0 Å². The van der Waals surface area contributed by atoms with Gasteiger partial charge in [-0.25, -0.2) is 4.79 Å². The molecule has 130 valence electrons. The van der Waals surface area contributed by atoms with Crippen LogP contribution in [0.3, 0.4) is 0 Å². The molecule has 0 aliphatic heterocycles. The molecule has 0 heterocycles. The van der Waals surface area contributed by atoms with Crippen LogP contribution in [0.1, 0.15) is 52.6 Å². The van der Waals surface area contributed by atoms with Crippen LogP contribution in [0.2, 0.25) is 10.0 Å². The van der Waals surface area contributed by atoms with Gasteiger partial charge in [0, 0.05) is 28.7 Å². The average molecular weight is 361 g/mol. The first-order chi connectivity index (χ1) is 10.6. The number of benzene rings is 1. The fourth-order valence-corrected chi connectivity index (χ4v) is 2.51. The number of nitrogens with one attached hydrogen (secondary N) is 2. The van der Waals surface area contributed by atoms with Gasteiger partial charge in [0.2, 0.25) is 0 Å². The van der Waals surface area contributed by atoms with Gasteiger partial charge in [-0.05, 0) is 57.9 Å². The zero-order valence-corrected chi connectivity index (χ0v) is 15.9. The van der Waals surface area contributed by atoms with Crippen molar-refractivity contribution >= 4 is 29.3 Å². The number of rotatable bonds is 6. The van der Waals surface area contributed by atoms with Gasteiger partial charge in [0.15, 0.2) is 0 Å². The molecular formula is C17H26Cl2N2O2. The number of carbonyl (C=O) groups excluding carboxylic acids is 1. The third-order valence-electron chi connectivity index (χ3n) is 3.31. The zero-order chi connectivity index (χ0) is 17.6. The van der Waals surface area contributed by atoms with E-state index in [4.69, 9.17) is 27.9 Å². The summed E-state index contributed by atoms with van der Waals surface area (Å²) in [6.07, 6.45) is 0.391. The summed E-state index contributed by atoms with van der Waals surface area (Å²) in [6.45, 7) is 10.2. The topological polar surface area (TPSA) is 50.4 Å². The molecule has 1 rings (SSSR count). The molecule has 0 bridgehead atoms. The van der Waals surface area contributed by atoms with E-state index in [0.717, 1.165) is 12.0 Å². The minimum atomic E-state index is -0.503. The molecule has 2 N–H and O–H groups in total. The van der Waals surface area contributed by atoms with Crippen LogP contribution >= 0.6 is 23.2 Å². The fraction of sp³-hybridized carbons (Fsp3) is 0.588. The van der Waals surface area contributed by atoms with Crippen LogP contribution in [0.5, 0.6) is 0 Å². The largest absolute Gasteiger partial charge is 0.444 e. The average Bonchev–Trinajstić information content (AvgIpc) is 2.43. The summed E-state index contributed by atoms with van der Waals surface area (Å²) in [7, 11) is 0. The number of halogens is 2. The van der Waals surface area contributed by atoms with Crippen molar-refractivity contribution < 1.29 is 9.53 Å². The van der Waals surface area contributed by atoms with Crippen LogP contribution < -0.4 is 10.6 Å². The Morgan fingerprint density at radius 1 is 1.30 bits per heavy atom. The van der Waals surface area contributed by atoms with Gasteiger partial charge in [-0.1, -0.05) is 30.1 Å². The lowest BCUT2D eigenvalue weighted by Gasteiger charge is -2.24. The molecular weight excluding hydrogens is 335 g/mol. The number of hydrogen-bond acceptors (Lipinski definition) is 3. The van der Waals surface area contributed by atoms with E-state index in [1.54, 1.807) is 12.1 Å². The predicted molar refractivity (Wildman–Crippen MR) is 96.3 cm³/mol. The highest BCUT2D eigenvalue weighted by Crippen LogP contribution is 2.26. The molecule has 2 atom stereocenters. The van der Waals surface area contributed by atoms with Crippen molar-refractivity contribution in [2.75, 3.05) is 6.54 Å². The monoisotopic (exact) mass is 360 g/mol. The maximum Gasteiger partial charge on any atom is 0.407 e. The number of ether oxygens (including phenoxy) is 1. The summed E-state index contributed by atoms with van der Waals surface area (Å²) in [5.74, 6) is 0. The fourth-order valence-electron chi connectivity index (χ4n) is 2.05. The molecule has 0 saturated heterocycles. The zero-order valence-electron chi connectivity index (χ0n) is 14.4. The van der Waals surface area contributed by atoms with E-state index in [2.05, 4.69) is 10.6 Å². The highest BCUT2D eigenvalue weighted by atomic mass is 35.5. The third-order valence-corrected chi connectivity index (χ3v) is 3.89. The maximum absolute atomic E-state index is 11.8. The standard InChI is InChI=1S/C17H26Cl2N2O2/c1-6-13(21-16(22)23-17(3,4)5)10-20-11(2)14-9-12(18)7-8-15(14)19/h7-9,11,13,20H,6,10H2,1-5H3,(H,21,22). The number of alkyl carbamates (subject to hydrolysis) is 1. The molecule has 0 aliphatic carbocycles. The minimum absolute atomic E-state index is 0.0229. The molecule has 0 aliphatic rings. The molecule has 0 aromatic heterocycles. The Labute approximate surface area is 148 Å². The van der Waals surface area contributed by atoms with E-state index in [1.165, 1.54) is 0 Å². The summed E-state index contributed by atoms with van der Waals surface area (Å²) >= 11 is 12.2. The van der Waals surface area contributed by atoms with Crippen LogP contribution in [-0.2, 0) is 4.74 Å². The van der Waals surface area contributed by atoms with Gasteiger partial charge in [0.05, 0.1) is 0 Å². The van der Waals surface area contributed by atoms with E-state index in [-0.39, 0.29) is 12.1 Å². The minimum Gasteiger partial charge on any atom is -0.444 e. The van der Waals surface area contributed by atoms with Gasteiger partial charge in [0.1, 0.15) is 5.60 Å². The van der Waals surface area contributed by atoms with Gasteiger partial charge in [0.25, 0.3) is 0 Å². The van der Waals surface area contributed by atoms with Gasteiger partial charge in [-0.2, -0.15) is 0 Å². The number of hydrogen-bond donors (Lipinski definition) is 2. The SMILES string of the molecule is CCC(CNC(C)c1cc(Cl)ccc1Cl)NC(=O)OC(C)(C)C. The summed E-state index contributed by atoms with van der Waals surface area (Å²) in [5.41, 5.74) is 0.434. The van der Waals surface area contributed by atoms with Crippen molar-refractivity contribution in [3.8, 4) is 0 Å². The lowest BCUT2D eigenvalue weighted by atomic mass is 10.1. The molecule has 6 heteroatoms. The first-order valence-electron chi connectivity index (χ1n) is 7.80. The maximum atomic E-state index is 11.8. The van der Waals surface area contributed by atoms with Crippen LogP contribution in [-0.4, -0.2) is 24.3 Å². The molecule has 0 fully saturated rings. The lowest BCUT2D eigenvalue weighted by Crippen LogP contribution is -2.44. The van der Waals surface area contributed by atoms with Crippen molar-refractivity contribution in [1.29, 1.82) is 0 Å². The summed E-state index contributed by atoms with van der Waals surface area (Å²) < 4.78 is 5.28. The molecule has 0 radical (unpaired) electrons. The number of amides is 1. The van der Waals surface area contributed by atoms with Crippen molar-refractivity contribution in [2.45, 2.75) is 58.7 Å². The van der Waals surface area contributed by atoms with Crippen molar-refractivity contribution in [2.24, 2.45) is 0 Å². The van der Waals surface area contributed by atoms with E-state index >= 15 is 0 Å². The second-order valence-corrected chi connectivity index (χ2v) is 7.39. The van der Waals surface area contributed by atoms with Crippen molar-refractivity contribution in [3.05, 3.63) is 33.8 Å². The van der Waals surface area contributed by atoms with Crippen LogP contribution in [0.15, 0.2) is 18.2 Å². The van der Waals surface area contributed by atoms with Crippen molar-refractivity contribution in [1.82, 2.24) is 10.6 Å². The van der Waals surface area contributed by atoms with Crippen LogP contribution in [0, 0.1) is 0 Å². The second kappa shape index (κ2) is 8.76. The Morgan fingerprint density at radius 2 is 1.96 bits per heavy atom.